The number of hydrogen-bond donors (Lipinski definition) is 3. The molecule has 0 aliphatic carbocycles. The number of nitrogens with one attached hydrogen (secondary N) is 2. The van der Waals surface area contributed by atoms with E-state index < -0.39 is 6.10 Å². The second-order valence-corrected chi connectivity index (χ2v) is 8.79. The van der Waals surface area contributed by atoms with Crippen LogP contribution >= 0.6 is 11.3 Å². The zero-order valence-electron chi connectivity index (χ0n) is 17.3. The lowest BCUT2D eigenvalue weighted by molar-refractivity contribution is -0.117. The smallest absolute Gasteiger partial charge is 0.233 e. The van der Waals surface area contributed by atoms with Crippen molar-refractivity contribution in [3.05, 3.63) is 82.1 Å². The van der Waals surface area contributed by atoms with Crippen LogP contribution in [0, 0.1) is 5.82 Å². The van der Waals surface area contributed by atoms with Crippen LogP contribution in [0.4, 0.5) is 10.1 Å². The van der Waals surface area contributed by atoms with Gasteiger partial charge in [-0.3, -0.25) is 4.79 Å². The Morgan fingerprint density at radius 1 is 1.29 bits per heavy atom. The number of halogens is 1. The van der Waals surface area contributed by atoms with E-state index in [1.54, 1.807) is 17.6 Å². The number of amides is 1. The Bertz CT molecular complexity index is 1010. The Morgan fingerprint density at radius 2 is 2.10 bits per heavy atom. The van der Waals surface area contributed by atoms with Crippen LogP contribution in [0.2, 0.25) is 0 Å². The summed E-state index contributed by atoms with van der Waals surface area (Å²) in [7, 11) is 0. The quantitative estimate of drug-likeness (QED) is 0.509. The van der Waals surface area contributed by atoms with Gasteiger partial charge in [-0.15, -0.1) is 11.3 Å². The number of thiazole rings is 1. The SMILES string of the molecule is CC(C(=O)Nc1ccc(C[C@@H]2CC[C@H]([C@H](O)c3cccc(F)c3)N2)cc1)c1cscn1. The second kappa shape index (κ2) is 9.68. The number of benzene rings is 2. The van der Waals surface area contributed by atoms with Gasteiger partial charge in [0.15, 0.2) is 0 Å². The molecule has 3 aromatic rings. The molecule has 1 aliphatic rings. The lowest BCUT2D eigenvalue weighted by Crippen LogP contribution is -2.35. The highest BCUT2D eigenvalue weighted by Crippen LogP contribution is 2.27. The molecule has 5 nitrogen and oxygen atoms in total. The van der Waals surface area contributed by atoms with Gasteiger partial charge in [-0.1, -0.05) is 24.3 Å². The number of anilines is 1. The topological polar surface area (TPSA) is 74.2 Å². The summed E-state index contributed by atoms with van der Waals surface area (Å²) in [5.41, 5.74) is 5.03. The van der Waals surface area contributed by atoms with Crippen molar-refractivity contribution in [1.29, 1.82) is 0 Å². The van der Waals surface area contributed by atoms with Gasteiger partial charge in [-0.2, -0.15) is 0 Å². The summed E-state index contributed by atoms with van der Waals surface area (Å²) in [6.45, 7) is 1.85. The monoisotopic (exact) mass is 439 g/mol. The first-order valence-corrected chi connectivity index (χ1v) is 11.4. The van der Waals surface area contributed by atoms with E-state index in [4.69, 9.17) is 0 Å². The predicted molar refractivity (Wildman–Crippen MR) is 121 cm³/mol. The molecular weight excluding hydrogens is 413 g/mol. The van der Waals surface area contributed by atoms with Gasteiger partial charge in [0.25, 0.3) is 0 Å². The zero-order valence-corrected chi connectivity index (χ0v) is 18.1. The van der Waals surface area contributed by atoms with Crippen molar-refractivity contribution in [2.45, 2.75) is 50.3 Å². The second-order valence-electron chi connectivity index (χ2n) is 8.07. The molecule has 0 saturated carbocycles. The van der Waals surface area contributed by atoms with Crippen LogP contribution in [0.15, 0.2) is 59.4 Å². The predicted octanol–water partition coefficient (Wildman–Crippen LogP) is 4.42. The largest absolute Gasteiger partial charge is 0.387 e. The highest BCUT2D eigenvalue weighted by Gasteiger charge is 2.30. The minimum atomic E-state index is -0.724. The molecular formula is C24H26FN3O2S. The lowest BCUT2D eigenvalue weighted by atomic mass is 10.0. The molecule has 0 bridgehead atoms. The highest BCUT2D eigenvalue weighted by atomic mass is 32.1. The standard InChI is InChI=1S/C24H26FN3O2S/c1-15(22-13-31-14-26-22)24(30)28-19-7-5-16(6-8-19)11-20-9-10-21(27-20)23(29)17-3-2-4-18(25)12-17/h2-8,12-15,20-21,23,27,29H,9-11H2,1H3,(H,28,30)/t15?,20-,21+,23+/m0/s1. The van der Waals surface area contributed by atoms with Crippen LogP contribution < -0.4 is 10.6 Å². The molecule has 1 fully saturated rings. The van der Waals surface area contributed by atoms with Crippen molar-refractivity contribution < 1.29 is 14.3 Å². The van der Waals surface area contributed by atoms with Crippen molar-refractivity contribution >= 4 is 22.9 Å². The van der Waals surface area contributed by atoms with E-state index in [1.165, 1.54) is 23.5 Å². The fraction of sp³-hybridized carbons (Fsp3) is 0.333. The molecule has 0 radical (unpaired) electrons. The third-order valence-electron chi connectivity index (χ3n) is 5.84. The van der Waals surface area contributed by atoms with Crippen LogP contribution in [0.3, 0.4) is 0 Å². The van der Waals surface area contributed by atoms with Crippen LogP contribution in [0.25, 0.3) is 0 Å². The Hall–Kier alpha value is -2.61. The molecule has 3 N–H and O–H groups in total. The fourth-order valence-electron chi connectivity index (χ4n) is 4.01. The van der Waals surface area contributed by atoms with Crippen molar-refractivity contribution in [2.24, 2.45) is 0 Å². The Balaban J connectivity index is 1.30. The van der Waals surface area contributed by atoms with Crippen LogP contribution in [-0.2, 0) is 11.2 Å². The third kappa shape index (κ3) is 5.36. The Kier molecular flexibility index (Phi) is 6.75. The van der Waals surface area contributed by atoms with Gasteiger partial charge in [-0.05, 0) is 61.6 Å². The van der Waals surface area contributed by atoms with Gasteiger partial charge in [0.2, 0.25) is 5.91 Å². The maximum Gasteiger partial charge on any atom is 0.233 e. The molecule has 2 aromatic carbocycles. The molecule has 1 aromatic heterocycles. The van der Waals surface area contributed by atoms with E-state index in [9.17, 15) is 14.3 Å². The van der Waals surface area contributed by atoms with E-state index in [2.05, 4.69) is 15.6 Å². The van der Waals surface area contributed by atoms with Crippen molar-refractivity contribution in [2.75, 3.05) is 5.32 Å². The van der Waals surface area contributed by atoms with Gasteiger partial charge in [0.05, 0.1) is 23.2 Å². The van der Waals surface area contributed by atoms with Crippen molar-refractivity contribution in [3.63, 3.8) is 0 Å². The number of aliphatic hydroxyl groups is 1. The number of carbonyl (C=O) groups excluding carboxylic acids is 1. The first-order valence-electron chi connectivity index (χ1n) is 10.5. The van der Waals surface area contributed by atoms with Gasteiger partial charge >= 0.3 is 0 Å². The third-order valence-corrected chi connectivity index (χ3v) is 6.44. The summed E-state index contributed by atoms with van der Waals surface area (Å²) >= 11 is 1.48. The average molecular weight is 440 g/mol. The summed E-state index contributed by atoms with van der Waals surface area (Å²) in [5.74, 6) is -0.709. The Morgan fingerprint density at radius 3 is 2.81 bits per heavy atom. The first kappa shape index (κ1) is 21.6. The summed E-state index contributed by atoms with van der Waals surface area (Å²) in [6, 6.07) is 14.2. The van der Waals surface area contributed by atoms with Gasteiger partial charge in [0.1, 0.15) is 5.82 Å². The zero-order chi connectivity index (χ0) is 21.8. The van der Waals surface area contributed by atoms with Gasteiger partial charge in [0, 0.05) is 23.2 Å². The summed E-state index contributed by atoms with van der Waals surface area (Å²) in [6.07, 6.45) is 1.89. The molecule has 7 heteroatoms. The highest BCUT2D eigenvalue weighted by molar-refractivity contribution is 7.07. The summed E-state index contributed by atoms with van der Waals surface area (Å²) in [4.78, 5) is 16.6. The maximum atomic E-state index is 13.4. The number of aromatic nitrogens is 1. The minimum Gasteiger partial charge on any atom is -0.387 e. The molecule has 4 atom stereocenters. The number of carbonyl (C=O) groups is 1. The summed E-state index contributed by atoms with van der Waals surface area (Å²) < 4.78 is 13.4. The molecule has 0 spiro atoms. The molecule has 2 heterocycles. The maximum absolute atomic E-state index is 13.4. The number of nitrogens with zero attached hydrogens (tertiary/aromatic N) is 1. The van der Waals surface area contributed by atoms with E-state index in [-0.39, 0.29) is 29.7 Å². The molecule has 31 heavy (non-hydrogen) atoms. The fourth-order valence-corrected chi connectivity index (χ4v) is 4.66. The molecule has 162 valence electrons. The lowest BCUT2D eigenvalue weighted by Gasteiger charge is -2.20. The minimum absolute atomic E-state index is 0.0784. The Labute approximate surface area is 185 Å². The van der Waals surface area contributed by atoms with Gasteiger partial charge in [-0.25, -0.2) is 9.37 Å². The van der Waals surface area contributed by atoms with Crippen molar-refractivity contribution in [3.8, 4) is 0 Å². The molecule has 1 unspecified atom stereocenters. The van der Waals surface area contributed by atoms with Crippen LogP contribution in [0.1, 0.15) is 48.6 Å². The number of rotatable bonds is 7. The number of aliphatic hydroxyl groups excluding tert-OH is 1. The van der Waals surface area contributed by atoms with E-state index in [1.807, 2.05) is 36.6 Å². The first-order chi connectivity index (χ1) is 15.0. The van der Waals surface area contributed by atoms with Crippen molar-refractivity contribution in [1.82, 2.24) is 10.3 Å². The van der Waals surface area contributed by atoms with E-state index in [0.717, 1.165) is 36.2 Å². The molecule has 4 rings (SSSR count). The molecule has 1 amide bonds. The van der Waals surface area contributed by atoms with Gasteiger partial charge < -0.3 is 15.7 Å². The molecule has 1 aliphatic heterocycles. The van der Waals surface area contributed by atoms with Crippen LogP contribution in [-0.4, -0.2) is 28.1 Å². The molecule has 1 saturated heterocycles. The normalized spacial score (nSPS) is 20.4. The summed E-state index contributed by atoms with van der Waals surface area (Å²) in [5, 5.41) is 18.9. The number of hydrogen-bond acceptors (Lipinski definition) is 5. The van der Waals surface area contributed by atoms with E-state index >= 15 is 0 Å². The van der Waals surface area contributed by atoms with E-state index in [0.29, 0.717) is 5.56 Å². The van der Waals surface area contributed by atoms with Crippen LogP contribution in [0.5, 0.6) is 0 Å². The average Bonchev–Trinajstić information content (AvgIpc) is 3.46.